The number of thiazole rings is 1. The summed E-state index contributed by atoms with van der Waals surface area (Å²) in [4.78, 5) is 17.1. The lowest BCUT2D eigenvalue weighted by molar-refractivity contribution is -0.115. The minimum Gasteiger partial charge on any atom is -0.306 e. The Hall–Kier alpha value is -0.940. The van der Waals surface area contributed by atoms with Gasteiger partial charge < -0.3 is 10.6 Å². The van der Waals surface area contributed by atoms with Crippen molar-refractivity contribution in [2.24, 2.45) is 0 Å². The average molecular weight is 239 g/mol. The third kappa shape index (κ3) is 3.02. The summed E-state index contributed by atoms with van der Waals surface area (Å²) in [6.45, 7) is 4.50. The highest BCUT2D eigenvalue weighted by Crippen LogP contribution is 2.22. The number of anilines is 1. The fraction of sp³-hybridized carbons (Fsp3) is 0.636. The first kappa shape index (κ1) is 11.5. The molecule has 0 aliphatic heterocycles. The molecule has 88 valence electrons. The zero-order chi connectivity index (χ0) is 11.5. The molecule has 1 fully saturated rings. The van der Waals surface area contributed by atoms with E-state index in [1.54, 1.807) is 11.3 Å². The van der Waals surface area contributed by atoms with Crippen molar-refractivity contribution in [2.75, 3.05) is 11.9 Å². The Balaban J connectivity index is 1.84. The number of carbonyl (C=O) groups is 1. The van der Waals surface area contributed by atoms with Crippen molar-refractivity contribution < 1.29 is 4.79 Å². The van der Waals surface area contributed by atoms with E-state index in [2.05, 4.69) is 22.5 Å². The summed E-state index contributed by atoms with van der Waals surface area (Å²) in [6, 6.07) is 0.565. The topological polar surface area (TPSA) is 54.0 Å². The van der Waals surface area contributed by atoms with Crippen LogP contribution in [0.3, 0.4) is 0 Å². The van der Waals surface area contributed by atoms with Crippen molar-refractivity contribution in [3.05, 3.63) is 10.6 Å². The number of nitrogens with zero attached hydrogens (tertiary/aromatic N) is 1. The molecule has 1 amide bonds. The molecule has 0 unspecified atom stereocenters. The predicted octanol–water partition coefficient (Wildman–Crippen LogP) is 1.70. The van der Waals surface area contributed by atoms with Gasteiger partial charge in [-0.1, -0.05) is 6.92 Å². The van der Waals surface area contributed by atoms with E-state index in [1.807, 2.05) is 6.92 Å². The molecule has 0 atom stereocenters. The second-order valence-corrected chi connectivity index (χ2v) is 5.28. The van der Waals surface area contributed by atoms with Crippen LogP contribution in [0.2, 0.25) is 0 Å². The molecule has 1 aromatic rings. The van der Waals surface area contributed by atoms with Gasteiger partial charge in [0.1, 0.15) is 0 Å². The molecule has 0 spiro atoms. The molecule has 1 heterocycles. The molecule has 1 aliphatic rings. The Kier molecular flexibility index (Phi) is 3.56. The Morgan fingerprint density at radius 2 is 2.31 bits per heavy atom. The molecule has 16 heavy (non-hydrogen) atoms. The molecular formula is C11H17N3OS. The van der Waals surface area contributed by atoms with Gasteiger partial charge in [-0.3, -0.25) is 4.79 Å². The van der Waals surface area contributed by atoms with Crippen LogP contribution in [0.1, 0.15) is 30.3 Å². The van der Waals surface area contributed by atoms with Gasteiger partial charge in [-0.2, -0.15) is 0 Å². The van der Waals surface area contributed by atoms with Crippen molar-refractivity contribution in [3.63, 3.8) is 0 Å². The van der Waals surface area contributed by atoms with Crippen molar-refractivity contribution in [1.82, 2.24) is 10.3 Å². The Morgan fingerprint density at radius 3 is 2.88 bits per heavy atom. The Bertz CT molecular complexity index is 385. The summed E-state index contributed by atoms with van der Waals surface area (Å²) in [5.74, 6) is 0.00306. The summed E-state index contributed by atoms with van der Waals surface area (Å²) in [6.07, 6.45) is 3.31. The summed E-state index contributed by atoms with van der Waals surface area (Å²) in [7, 11) is 0. The highest BCUT2D eigenvalue weighted by atomic mass is 32.1. The molecule has 0 saturated heterocycles. The molecule has 2 N–H and O–H groups in total. The lowest BCUT2D eigenvalue weighted by Crippen LogP contribution is -2.29. The molecule has 1 aromatic heterocycles. The SMILES string of the molecule is CCc1nc(NC(=O)CNC2CC2)sc1C. The largest absolute Gasteiger partial charge is 0.306 e. The third-order valence-corrected chi connectivity index (χ3v) is 3.53. The van der Waals surface area contributed by atoms with E-state index >= 15 is 0 Å². The molecule has 0 bridgehead atoms. The van der Waals surface area contributed by atoms with Crippen LogP contribution in [0.4, 0.5) is 5.13 Å². The summed E-state index contributed by atoms with van der Waals surface area (Å²) >= 11 is 1.55. The number of aromatic nitrogens is 1. The quantitative estimate of drug-likeness (QED) is 0.822. The third-order valence-electron chi connectivity index (χ3n) is 2.60. The van der Waals surface area contributed by atoms with Gasteiger partial charge in [-0.25, -0.2) is 4.98 Å². The van der Waals surface area contributed by atoms with E-state index in [4.69, 9.17) is 0 Å². The molecule has 0 aromatic carbocycles. The van der Waals surface area contributed by atoms with Gasteiger partial charge in [0.15, 0.2) is 5.13 Å². The second kappa shape index (κ2) is 4.93. The number of hydrogen-bond acceptors (Lipinski definition) is 4. The second-order valence-electron chi connectivity index (χ2n) is 4.08. The minimum atomic E-state index is 0.00306. The van der Waals surface area contributed by atoms with E-state index in [9.17, 15) is 4.79 Å². The molecule has 4 nitrogen and oxygen atoms in total. The van der Waals surface area contributed by atoms with E-state index < -0.39 is 0 Å². The van der Waals surface area contributed by atoms with Gasteiger partial charge in [0.25, 0.3) is 0 Å². The number of rotatable bonds is 5. The number of nitrogens with one attached hydrogen (secondary N) is 2. The highest BCUT2D eigenvalue weighted by Gasteiger charge is 2.21. The monoisotopic (exact) mass is 239 g/mol. The first-order valence-electron chi connectivity index (χ1n) is 5.68. The van der Waals surface area contributed by atoms with Gasteiger partial charge in [-0.05, 0) is 26.2 Å². The van der Waals surface area contributed by atoms with Crippen molar-refractivity contribution >= 4 is 22.4 Å². The molecule has 1 saturated carbocycles. The summed E-state index contributed by atoms with van der Waals surface area (Å²) in [5, 5.41) is 6.72. The van der Waals surface area contributed by atoms with Crippen LogP contribution in [-0.4, -0.2) is 23.5 Å². The Labute approximate surface area is 99.5 Å². The van der Waals surface area contributed by atoms with E-state index in [-0.39, 0.29) is 5.91 Å². The van der Waals surface area contributed by atoms with Gasteiger partial charge in [-0.15, -0.1) is 11.3 Å². The van der Waals surface area contributed by atoms with Gasteiger partial charge in [0.05, 0.1) is 12.2 Å². The number of carbonyl (C=O) groups excluding carboxylic acids is 1. The average Bonchev–Trinajstić information content (AvgIpc) is 3.00. The first-order chi connectivity index (χ1) is 7.69. The van der Waals surface area contributed by atoms with E-state index in [0.29, 0.717) is 12.6 Å². The molecule has 5 heteroatoms. The lowest BCUT2D eigenvalue weighted by Gasteiger charge is -2.02. The molecule has 2 rings (SSSR count). The molecular weight excluding hydrogens is 222 g/mol. The zero-order valence-electron chi connectivity index (χ0n) is 9.67. The predicted molar refractivity (Wildman–Crippen MR) is 65.9 cm³/mol. The standard InChI is InChI=1S/C11H17N3OS/c1-3-9-7(2)16-11(13-9)14-10(15)6-12-8-4-5-8/h8,12H,3-6H2,1-2H3,(H,13,14,15). The molecule has 1 aliphatic carbocycles. The van der Waals surface area contributed by atoms with Gasteiger partial charge in [0.2, 0.25) is 5.91 Å². The number of aryl methyl sites for hydroxylation is 2. The maximum Gasteiger partial charge on any atom is 0.240 e. The van der Waals surface area contributed by atoms with Gasteiger partial charge in [0, 0.05) is 10.9 Å². The van der Waals surface area contributed by atoms with Crippen molar-refractivity contribution in [2.45, 2.75) is 39.2 Å². The summed E-state index contributed by atoms with van der Waals surface area (Å²) in [5.41, 5.74) is 1.08. The number of hydrogen-bond donors (Lipinski definition) is 2. The van der Waals surface area contributed by atoms with Gasteiger partial charge >= 0.3 is 0 Å². The summed E-state index contributed by atoms with van der Waals surface area (Å²) < 4.78 is 0. The van der Waals surface area contributed by atoms with Crippen LogP contribution in [0.5, 0.6) is 0 Å². The van der Waals surface area contributed by atoms with E-state index in [0.717, 1.165) is 17.2 Å². The first-order valence-corrected chi connectivity index (χ1v) is 6.50. The van der Waals surface area contributed by atoms with Crippen LogP contribution >= 0.6 is 11.3 Å². The van der Waals surface area contributed by atoms with Crippen LogP contribution in [-0.2, 0) is 11.2 Å². The smallest absolute Gasteiger partial charge is 0.240 e. The van der Waals surface area contributed by atoms with Crippen LogP contribution in [0, 0.1) is 6.92 Å². The number of amides is 1. The van der Waals surface area contributed by atoms with Crippen molar-refractivity contribution in [3.8, 4) is 0 Å². The maximum atomic E-state index is 11.5. The Morgan fingerprint density at radius 1 is 1.56 bits per heavy atom. The maximum absolute atomic E-state index is 11.5. The van der Waals surface area contributed by atoms with E-state index in [1.165, 1.54) is 17.7 Å². The minimum absolute atomic E-state index is 0.00306. The normalized spacial score (nSPS) is 15.1. The van der Waals surface area contributed by atoms with Crippen molar-refractivity contribution in [1.29, 1.82) is 0 Å². The fourth-order valence-corrected chi connectivity index (χ4v) is 2.42. The van der Waals surface area contributed by atoms with Crippen LogP contribution < -0.4 is 10.6 Å². The molecule has 0 radical (unpaired) electrons. The zero-order valence-corrected chi connectivity index (χ0v) is 10.5. The fourth-order valence-electron chi connectivity index (χ4n) is 1.50. The van der Waals surface area contributed by atoms with Crippen LogP contribution in [0.25, 0.3) is 0 Å². The van der Waals surface area contributed by atoms with Crippen LogP contribution in [0.15, 0.2) is 0 Å². The highest BCUT2D eigenvalue weighted by molar-refractivity contribution is 7.15. The lowest BCUT2D eigenvalue weighted by atomic mass is 10.3.